The standard InChI is InChI=1S/C17H12FN3O/c1-11-9-16-17(22)20(13-6-4-5-12(18)10-13)19-21(16)15-8-3-2-7-14(11)15/h2-10H,1H3. The first-order valence-electron chi connectivity index (χ1n) is 6.91. The second-order valence-corrected chi connectivity index (χ2v) is 5.23. The number of hydrogen-bond donors (Lipinski definition) is 0. The van der Waals surface area contributed by atoms with E-state index in [1.54, 1.807) is 16.6 Å². The van der Waals surface area contributed by atoms with Gasteiger partial charge in [0.25, 0.3) is 0 Å². The van der Waals surface area contributed by atoms with Crippen LogP contribution in [0.5, 0.6) is 5.88 Å². The van der Waals surface area contributed by atoms with Gasteiger partial charge in [0.2, 0.25) is 0 Å². The Kier molecular flexibility index (Phi) is 2.63. The first kappa shape index (κ1) is 12.8. The van der Waals surface area contributed by atoms with Crippen molar-refractivity contribution in [3.8, 4) is 11.6 Å². The van der Waals surface area contributed by atoms with Crippen molar-refractivity contribution in [2.24, 2.45) is 0 Å². The van der Waals surface area contributed by atoms with Gasteiger partial charge in [-0.3, -0.25) is 0 Å². The van der Waals surface area contributed by atoms with Gasteiger partial charge in [0.15, 0.2) is 16.7 Å². The predicted octanol–water partition coefficient (Wildman–Crippen LogP) is 2.29. The Morgan fingerprint density at radius 3 is 2.68 bits per heavy atom. The van der Waals surface area contributed by atoms with Crippen LogP contribution in [-0.2, 0) is 0 Å². The van der Waals surface area contributed by atoms with Gasteiger partial charge in [-0.1, -0.05) is 28.8 Å². The SMILES string of the molecule is Cc1cc2c([O-])n(-c3cccc(F)c3)n[n+]2c2ccccc12. The van der Waals surface area contributed by atoms with Gasteiger partial charge in [0.1, 0.15) is 16.9 Å². The second-order valence-electron chi connectivity index (χ2n) is 5.23. The third kappa shape index (κ3) is 1.75. The van der Waals surface area contributed by atoms with Crippen molar-refractivity contribution in [3.63, 3.8) is 0 Å². The van der Waals surface area contributed by atoms with E-state index >= 15 is 0 Å². The summed E-state index contributed by atoms with van der Waals surface area (Å²) in [5, 5.41) is 18.0. The third-order valence-corrected chi connectivity index (χ3v) is 3.78. The fraction of sp³-hybridized carbons (Fsp3) is 0.0588. The summed E-state index contributed by atoms with van der Waals surface area (Å²) in [4.78, 5) is 0. The summed E-state index contributed by atoms with van der Waals surface area (Å²) in [7, 11) is 0. The quantitative estimate of drug-likeness (QED) is 0.505. The smallest absolute Gasteiger partial charge is 0.191 e. The predicted molar refractivity (Wildman–Crippen MR) is 78.4 cm³/mol. The van der Waals surface area contributed by atoms with Crippen LogP contribution >= 0.6 is 0 Å². The highest BCUT2D eigenvalue weighted by Gasteiger charge is 2.18. The Balaban J connectivity index is 2.11. The molecule has 0 aliphatic heterocycles. The molecule has 4 nitrogen and oxygen atoms in total. The molecule has 4 aromatic rings. The molecule has 0 atom stereocenters. The molecule has 0 aliphatic carbocycles. The monoisotopic (exact) mass is 293 g/mol. The van der Waals surface area contributed by atoms with Crippen molar-refractivity contribution in [1.82, 2.24) is 9.90 Å². The molecule has 0 fully saturated rings. The van der Waals surface area contributed by atoms with Crippen LogP contribution in [-0.4, -0.2) is 9.90 Å². The Morgan fingerprint density at radius 2 is 1.86 bits per heavy atom. The minimum absolute atomic E-state index is 0.264. The number of rotatable bonds is 1. The maximum absolute atomic E-state index is 13.4. The summed E-state index contributed by atoms with van der Waals surface area (Å²) in [5.74, 6) is -0.665. The summed E-state index contributed by atoms with van der Waals surface area (Å²) >= 11 is 0. The van der Waals surface area contributed by atoms with Crippen LogP contribution in [0.15, 0.2) is 54.6 Å². The van der Waals surface area contributed by atoms with Crippen LogP contribution in [0.3, 0.4) is 0 Å². The highest BCUT2D eigenvalue weighted by atomic mass is 19.1. The van der Waals surface area contributed by atoms with E-state index in [0.29, 0.717) is 11.2 Å². The molecule has 0 bridgehead atoms. The summed E-state index contributed by atoms with van der Waals surface area (Å²) in [5.41, 5.74) is 2.74. The average molecular weight is 293 g/mol. The first-order chi connectivity index (χ1) is 10.6. The minimum atomic E-state index is -0.400. The molecule has 4 rings (SSSR count). The molecule has 0 radical (unpaired) electrons. The maximum atomic E-state index is 13.4. The van der Waals surface area contributed by atoms with Gasteiger partial charge in [-0.25, -0.2) is 4.39 Å². The van der Waals surface area contributed by atoms with Crippen LogP contribution in [0.2, 0.25) is 0 Å². The van der Waals surface area contributed by atoms with E-state index in [-0.39, 0.29) is 5.88 Å². The zero-order chi connectivity index (χ0) is 15.3. The number of benzene rings is 2. The van der Waals surface area contributed by atoms with E-state index in [1.165, 1.54) is 16.8 Å². The second kappa shape index (κ2) is 4.53. The van der Waals surface area contributed by atoms with E-state index < -0.39 is 5.82 Å². The normalized spacial score (nSPS) is 11.4. The van der Waals surface area contributed by atoms with Gasteiger partial charge in [0.05, 0.1) is 0 Å². The van der Waals surface area contributed by atoms with E-state index in [9.17, 15) is 9.50 Å². The van der Waals surface area contributed by atoms with Crippen LogP contribution in [0.25, 0.3) is 22.1 Å². The molecule has 0 N–H and O–H groups in total. The highest BCUT2D eigenvalue weighted by Crippen LogP contribution is 2.22. The lowest BCUT2D eigenvalue weighted by atomic mass is 10.1. The zero-order valence-electron chi connectivity index (χ0n) is 11.8. The van der Waals surface area contributed by atoms with E-state index in [2.05, 4.69) is 5.21 Å². The molecule has 0 saturated carbocycles. The van der Waals surface area contributed by atoms with Crippen LogP contribution in [0.4, 0.5) is 4.39 Å². The number of nitrogens with zero attached hydrogens (tertiary/aromatic N) is 3. The molecule has 5 heteroatoms. The van der Waals surface area contributed by atoms with Crippen molar-refractivity contribution < 1.29 is 14.0 Å². The van der Waals surface area contributed by atoms with Gasteiger partial charge in [0, 0.05) is 11.5 Å². The summed E-state index contributed by atoms with van der Waals surface area (Å²) in [6, 6.07) is 15.4. The van der Waals surface area contributed by atoms with Gasteiger partial charge < -0.3 is 5.11 Å². The number of pyridine rings is 1. The summed E-state index contributed by atoms with van der Waals surface area (Å²) < 4.78 is 16.2. The Labute approximate surface area is 125 Å². The Morgan fingerprint density at radius 1 is 1.05 bits per heavy atom. The lowest BCUT2D eigenvalue weighted by Crippen LogP contribution is -2.26. The van der Waals surface area contributed by atoms with E-state index in [1.807, 2.05) is 37.3 Å². The van der Waals surface area contributed by atoms with Gasteiger partial charge in [-0.05, 0) is 36.8 Å². The van der Waals surface area contributed by atoms with Gasteiger partial charge >= 0.3 is 0 Å². The molecule has 2 aromatic heterocycles. The Bertz CT molecular complexity index is 1020. The number of hydrogen-bond acceptors (Lipinski definition) is 2. The number of halogens is 1. The maximum Gasteiger partial charge on any atom is 0.191 e. The molecule has 0 saturated heterocycles. The van der Waals surface area contributed by atoms with E-state index in [4.69, 9.17) is 0 Å². The number of aryl methyl sites for hydroxylation is 1. The minimum Gasteiger partial charge on any atom is -0.837 e. The zero-order valence-corrected chi connectivity index (χ0v) is 11.8. The van der Waals surface area contributed by atoms with E-state index in [0.717, 1.165) is 16.5 Å². The molecule has 0 spiro atoms. The van der Waals surface area contributed by atoms with Gasteiger partial charge in [-0.15, -0.1) is 4.68 Å². The van der Waals surface area contributed by atoms with Crippen LogP contribution in [0, 0.1) is 12.7 Å². The van der Waals surface area contributed by atoms with Crippen molar-refractivity contribution in [3.05, 3.63) is 66.0 Å². The van der Waals surface area contributed by atoms with Gasteiger partial charge in [-0.2, -0.15) is 0 Å². The molecule has 2 aromatic carbocycles. The summed E-state index contributed by atoms with van der Waals surface area (Å²) in [6.07, 6.45) is 0. The lowest BCUT2D eigenvalue weighted by molar-refractivity contribution is -0.556. The first-order valence-corrected chi connectivity index (χ1v) is 6.91. The van der Waals surface area contributed by atoms with Crippen molar-refractivity contribution in [1.29, 1.82) is 0 Å². The molecular formula is C17H12FN3O. The van der Waals surface area contributed by atoms with Crippen LogP contribution < -0.4 is 9.62 Å². The highest BCUT2D eigenvalue weighted by molar-refractivity contribution is 5.81. The molecule has 22 heavy (non-hydrogen) atoms. The average Bonchev–Trinajstić information content (AvgIpc) is 2.85. The summed E-state index contributed by atoms with van der Waals surface area (Å²) in [6.45, 7) is 1.96. The molecular weight excluding hydrogens is 281 g/mol. The largest absolute Gasteiger partial charge is 0.837 e. The molecule has 0 aliphatic rings. The Hall–Kier alpha value is -2.95. The molecule has 0 unspecified atom stereocenters. The topological polar surface area (TPSA) is 45.0 Å². The third-order valence-electron chi connectivity index (χ3n) is 3.78. The van der Waals surface area contributed by atoms with Crippen molar-refractivity contribution >= 4 is 16.4 Å². The fourth-order valence-corrected chi connectivity index (χ4v) is 2.73. The number of para-hydroxylation sites is 1. The molecule has 2 heterocycles. The van der Waals surface area contributed by atoms with Crippen molar-refractivity contribution in [2.75, 3.05) is 0 Å². The lowest BCUT2D eigenvalue weighted by Gasteiger charge is -2.02. The molecule has 0 amide bonds. The molecule has 108 valence electrons. The van der Waals surface area contributed by atoms with Crippen molar-refractivity contribution in [2.45, 2.75) is 6.92 Å². The number of aromatic nitrogens is 3. The fourth-order valence-electron chi connectivity index (χ4n) is 2.73. The number of fused-ring (bicyclic) bond motifs is 3. The van der Waals surface area contributed by atoms with Crippen LogP contribution in [0.1, 0.15) is 5.56 Å².